The van der Waals surface area contributed by atoms with E-state index in [4.69, 9.17) is 4.74 Å². The fraction of sp³-hybridized carbons (Fsp3) is 0.385. The Kier molecular flexibility index (Phi) is 8.04. The smallest absolute Gasteiger partial charge is 0.480 e. The van der Waals surface area contributed by atoms with Gasteiger partial charge in [-0.15, -0.1) is 11.8 Å². The van der Waals surface area contributed by atoms with Gasteiger partial charge in [0.2, 0.25) is 11.8 Å². The van der Waals surface area contributed by atoms with Crippen molar-refractivity contribution in [2.45, 2.75) is 61.2 Å². The number of carboxylic acids is 1. The molecule has 2 N–H and O–H groups in total. The predicted octanol–water partition coefficient (Wildman–Crippen LogP) is -0.500. The van der Waals surface area contributed by atoms with Crippen LogP contribution < -0.4 is 61.4 Å². The summed E-state index contributed by atoms with van der Waals surface area (Å²) in [6, 6.07) is 12.2. The van der Waals surface area contributed by atoms with Gasteiger partial charge in [-0.3, -0.25) is 14.4 Å². The number of thioether (sulfide) groups is 1. The Morgan fingerprint density at radius 3 is 2.50 bits per heavy atom. The average molecular weight is 534 g/mol. The van der Waals surface area contributed by atoms with Crippen molar-refractivity contribution in [1.29, 1.82) is 0 Å². The van der Waals surface area contributed by atoms with Crippen LogP contribution in [0.2, 0.25) is 0 Å². The van der Waals surface area contributed by atoms with Crippen molar-refractivity contribution >= 4 is 35.5 Å². The van der Waals surface area contributed by atoms with E-state index in [-0.39, 0.29) is 51.4 Å². The molecule has 0 spiro atoms. The topological polar surface area (TPSA) is 113 Å². The second kappa shape index (κ2) is 10.6. The van der Waals surface area contributed by atoms with E-state index in [0.717, 1.165) is 24.8 Å². The number of hydrogen-bond donors (Lipinski definition) is 2. The Morgan fingerprint density at radius 2 is 1.81 bits per heavy atom. The van der Waals surface area contributed by atoms with E-state index in [9.17, 15) is 24.3 Å². The maximum Gasteiger partial charge on any atom is 1.00 e. The van der Waals surface area contributed by atoms with Crippen molar-refractivity contribution in [3.05, 3.63) is 65.2 Å². The van der Waals surface area contributed by atoms with E-state index >= 15 is 0 Å². The van der Waals surface area contributed by atoms with Crippen LogP contribution in [0.15, 0.2) is 48.5 Å². The standard InChI is InChI=1S/C26H26N2O6S.K/c1-26(2)20(24(31)32)28-22(30)19(23(28)35-26)27-21(29)18(15-7-4-3-5-8-15)25(33)34-17-12-11-14-9-6-10-16(14)13-17;/h3-5,7-8,11-13,18-20,23H,6,9-10H2,1-2H3,(H,27,29)(H,31,32);/q;+1/t18?,19-,20+,23-;/m1./s1. The molecule has 2 fully saturated rings. The molecule has 2 saturated heterocycles. The molecule has 10 heteroatoms. The molecule has 8 nitrogen and oxygen atoms in total. The summed E-state index contributed by atoms with van der Waals surface area (Å²) in [4.78, 5) is 52.5. The van der Waals surface area contributed by atoms with Gasteiger partial charge in [0.15, 0.2) is 5.92 Å². The Balaban J connectivity index is 0.00000304. The van der Waals surface area contributed by atoms with Gasteiger partial charge in [-0.2, -0.15) is 0 Å². The summed E-state index contributed by atoms with van der Waals surface area (Å²) in [7, 11) is 0. The Morgan fingerprint density at radius 1 is 1.11 bits per heavy atom. The summed E-state index contributed by atoms with van der Waals surface area (Å²) in [5.41, 5.74) is 2.83. The third-order valence-electron chi connectivity index (χ3n) is 6.89. The van der Waals surface area contributed by atoms with Crippen LogP contribution in [0.1, 0.15) is 42.9 Å². The number of nitrogens with zero attached hydrogens (tertiary/aromatic N) is 1. The number of nitrogens with one attached hydrogen (secondary N) is 1. The number of rotatable bonds is 6. The van der Waals surface area contributed by atoms with E-state index in [1.807, 2.05) is 12.1 Å². The Hall–Kier alpha value is -1.69. The van der Waals surface area contributed by atoms with Crippen LogP contribution in [0.25, 0.3) is 0 Å². The second-order valence-corrected chi connectivity index (χ2v) is 11.4. The molecule has 0 aromatic heterocycles. The number of aryl methyl sites for hydroxylation is 2. The van der Waals surface area contributed by atoms with Crippen LogP contribution in [0.5, 0.6) is 5.75 Å². The quantitative estimate of drug-likeness (QED) is 0.169. The zero-order valence-corrected chi connectivity index (χ0v) is 24.3. The fourth-order valence-corrected chi connectivity index (χ4v) is 6.83. The molecule has 0 saturated carbocycles. The van der Waals surface area contributed by atoms with Gasteiger partial charge in [-0.25, -0.2) is 4.79 Å². The molecule has 2 heterocycles. The number of esters is 1. The van der Waals surface area contributed by atoms with Crippen molar-refractivity contribution in [3.63, 3.8) is 0 Å². The van der Waals surface area contributed by atoms with Crippen LogP contribution in [0.3, 0.4) is 0 Å². The molecule has 3 aliphatic rings. The molecule has 36 heavy (non-hydrogen) atoms. The van der Waals surface area contributed by atoms with E-state index in [1.165, 1.54) is 22.2 Å². The van der Waals surface area contributed by atoms with Crippen LogP contribution in [0.4, 0.5) is 0 Å². The summed E-state index contributed by atoms with van der Waals surface area (Å²) in [5, 5.41) is 11.8. The first-order valence-electron chi connectivity index (χ1n) is 11.6. The fourth-order valence-electron chi connectivity index (χ4n) is 5.21. The van der Waals surface area contributed by atoms with Gasteiger partial charge in [-0.1, -0.05) is 36.4 Å². The third-order valence-corrected chi connectivity index (χ3v) is 8.46. The molecule has 1 unspecified atom stereocenters. The number of hydrogen-bond acceptors (Lipinski definition) is 6. The van der Waals surface area contributed by atoms with Crippen molar-refractivity contribution in [2.24, 2.45) is 0 Å². The van der Waals surface area contributed by atoms with Crippen molar-refractivity contribution < 1.29 is 80.4 Å². The molecule has 2 aromatic carbocycles. The normalized spacial score (nSPS) is 24.0. The number of benzene rings is 2. The molecule has 1 aliphatic carbocycles. The van der Waals surface area contributed by atoms with E-state index in [1.54, 1.807) is 50.2 Å². The molecule has 2 aromatic rings. The number of carboxylic acid groups (broad SMARTS) is 1. The molecular formula is C26H26KN2O6S+. The molecule has 182 valence electrons. The molecule has 4 atom stereocenters. The van der Waals surface area contributed by atoms with Crippen molar-refractivity contribution in [3.8, 4) is 5.75 Å². The van der Waals surface area contributed by atoms with Gasteiger partial charge >= 0.3 is 63.3 Å². The third kappa shape index (κ3) is 4.91. The van der Waals surface area contributed by atoms with Crippen LogP contribution >= 0.6 is 11.8 Å². The number of carbonyl (C=O) groups excluding carboxylic acids is 3. The van der Waals surface area contributed by atoms with Gasteiger partial charge in [0, 0.05) is 4.75 Å². The first kappa shape index (κ1) is 27.3. The average Bonchev–Trinajstić information content (AvgIpc) is 3.38. The summed E-state index contributed by atoms with van der Waals surface area (Å²) < 4.78 is 4.92. The predicted molar refractivity (Wildman–Crippen MR) is 129 cm³/mol. The van der Waals surface area contributed by atoms with Crippen LogP contribution in [-0.2, 0) is 32.0 Å². The number of fused-ring (bicyclic) bond motifs is 2. The van der Waals surface area contributed by atoms with Gasteiger partial charge < -0.3 is 20.1 Å². The van der Waals surface area contributed by atoms with Crippen molar-refractivity contribution in [2.75, 3.05) is 0 Å². The second-order valence-electron chi connectivity index (χ2n) is 9.63. The van der Waals surface area contributed by atoms with Gasteiger partial charge in [0.1, 0.15) is 23.2 Å². The monoisotopic (exact) mass is 533 g/mol. The number of aliphatic carboxylic acids is 1. The van der Waals surface area contributed by atoms with E-state index in [2.05, 4.69) is 5.32 Å². The summed E-state index contributed by atoms with van der Waals surface area (Å²) in [6.07, 6.45) is 2.99. The first-order chi connectivity index (χ1) is 16.7. The summed E-state index contributed by atoms with van der Waals surface area (Å²) in [5.74, 6) is -3.83. The number of ether oxygens (including phenoxy) is 1. The molecule has 2 aliphatic heterocycles. The minimum atomic E-state index is -1.28. The number of β-lactam (4-membered cyclic amide) rings is 1. The molecule has 0 radical (unpaired) electrons. The Labute approximate surface area is 255 Å². The first-order valence-corrected chi connectivity index (χ1v) is 12.5. The largest absolute Gasteiger partial charge is 1.00 e. The summed E-state index contributed by atoms with van der Waals surface area (Å²) in [6.45, 7) is 3.53. The van der Waals surface area contributed by atoms with Gasteiger partial charge in [0.05, 0.1) is 0 Å². The minimum absolute atomic E-state index is 0. The number of amides is 2. The van der Waals surface area contributed by atoms with E-state index in [0.29, 0.717) is 11.3 Å². The molecule has 2 amide bonds. The SMILES string of the molecule is CC1(C)S[C@@H]2[C@H](NC(=O)C(C(=O)Oc3ccc4c(c3)CCC4)c3ccccc3)C(=O)N2[C@H]1C(=O)O.[K+]. The van der Waals surface area contributed by atoms with Gasteiger partial charge in [-0.05, 0) is 61.9 Å². The maximum atomic E-state index is 13.4. The van der Waals surface area contributed by atoms with Crippen LogP contribution in [0, 0.1) is 0 Å². The minimum Gasteiger partial charge on any atom is -0.480 e. The molecule has 5 rings (SSSR count). The van der Waals surface area contributed by atoms with Gasteiger partial charge in [0.25, 0.3) is 0 Å². The molecular weight excluding hydrogens is 507 g/mol. The van der Waals surface area contributed by atoms with E-state index < -0.39 is 51.9 Å². The summed E-state index contributed by atoms with van der Waals surface area (Å²) >= 11 is 1.33. The van der Waals surface area contributed by atoms with Crippen LogP contribution in [-0.4, -0.2) is 56.0 Å². The Bertz CT molecular complexity index is 1220. The maximum absolute atomic E-state index is 13.4. The number of carbonyl (C=O) groups is 4. The molecule has 0 bridgehead atoms. The zero-order valence-electron chi connectivity index (χ0n) is 20.4. The van der Waals surface area contributed by atoms with Crippen molar-refractivity contribution in [1.82, 2.24) is 10.2 Å². The zero-order chi connectivity index (χ0) is 24.9.